The van der Waals surface area contributed by atoms with Crippen molar-refractivity contribution in [1.82, 2.24) is 0 Å². The SMILES string of the molecule is O=C1OC(c2ccc(Cl)cc2)=C/C1=C\c1cccc(Br)c1. The number of cyclic esters (lactones) is 1. The van der Waals surface area contributed by atoms with Gasteiger partial charge in [0.2, 0.25) is 0 Å². The first-order valence-electron chi connectivity index (χ1n) is 6.29. The standard InChI is InChI=1S/C17H10BrClO2/c18-14-3-1-2-11(9-14)8-13-10-16(21-17(13)20)12-4-6-15(19)7-5-12/h1-10H/b13-8+. The van der Waals surface area contributed by atoms with Crippen LogP contribution < -0.4 is 0 Å². The van der Waals surface area contributed by atoms with Gasteiger partial charge in [0.1, 0.15) is 5.76 Å². The highest BCUT2D eigenvalue weighted by molar-refractivity contribution is 9.10. The predicted molar refractivity (Wildman–Crippen MR) is 87.6 cm³/mol. The Morgan fingerprint density at radius 1 is 1.10 bits per heavy atom. The van der Waals surface area contributed by atoms with Gasteiger partial charge in [0, 0.05) is 15.1 Å². The van der Waals surface area contributed by atoms with Crippen LogP contribution >= 0.6 is 27.5 Å². The number of rotatable bonds is 2. The lowest BCUT2D eigenvalue weighted by atomic mass is 10.1. The van der Waals surface area contributed by atoms with E-state index >= 15 is 0 Å². The van der Waals surface area contributed by atoms with E-state index in [4.69, 9.17) is 16.3 Å². The van der Waals surface area contributed by atoms with E-state index in [1.807, 2.05) is 36.4 Å². The maximum Gasteiger partial charge on any atom is 0.343 e. The predicted octanol–water partition coefficient (Wildman–Crippen LogP) is 5.08. The molecule has 0 radical (unpaired) electrons. The monoisotopic (exact) mass is 360 g/mol. The zero-order chi connectivity index (χ0) is 14.8. The Labute approximate surface area is 135 Å². The van der Waals surface area contributed by atoms with Crippen molar-refractivity contribution in [2.45, 2.75) is 0 Å². The highest BCUT2D eigenvalue weighted by atomic mass is 79.9. The van der Waals surface area contributed by atoms with Gasteiger partial charge in [0.05, 0.1) is 5.57 Å². The number of benzene rings is 2. The van der Waals surface area contributed by atoms with E-state index in [9.17, 15) is 4.79 Å². The highest BCUT2D eigenvalue weighted by Gasteiger charge is 2.21. The van der Waals surface area contributed by atoms with Crippen LogP contribution in [0.5, 0.6) is 0 Å². The lowest BCUT2D eigenvalue weighted by Crippen LogP contribution is -1.97. The first kappa shape index (κ1) is 14.1. The Morgan fingerprint density at radius 2 is 1.86 bits per heavy atom. The summed E-state index contributed by atoms with van der Waals surface area (Å²) in [5.74, 6) is 0.192. The molecule has 1 aliphatic rings. The summed E-state index contributed by atoms with van der Waals surface area (Å²) >= 11 is 9.26. The van der Waals surface area contributed by atoms with Gasteiger partial charge in [-0.05, 0) is 54.1 Å². The largest absolute Gasteiger partial charge is 0.422 e. The van der Waals surface area contributed by atoms with E-state index in [2.05, 4.69) is 15.9 Å². The van der Waals surface area contributed by atoms with Crippen LogP contribution in [0.1, 0.15) is 11.1 Å². The smallest absolute Gasteiger partial charge is 0.343 e. The van der Waals surface area contributed by atoms with E-state index in [0.717, 1.165) is 15.6 Å². The first-order chi connectivity index (χ1) is 10.1. The average Bonchev–Trinajstić information content (AvgIpc) is 2.81. The second-order valence-corrected chi connectivity index (χ2v) is 5.91. The van der Waals surface area contributed by atoms with Gasteiger partial charge < -0.3 is 4.74 Å². The number of carbonyl (C=O) groups is 1. The van der Waals surface area contributed by atoms with Crippen molar-refractivity contribution >= 4 is 45.3 Å². The minimum atomic E-state index is -0.347. The zero-order valence-electron chi connectivity index (χ0n) is 10.8. The molecule has 0 unspecified atom stereocenters. The number of halogens is 2. The summed E-state index contributed by atoms with van der Waals surface area (Å²) in [4.78, 5) is 11.9. The Kier molecular flexibility index (Phi) is 3.95. The van der Waals surface area contributed by atoms with Crippen molar-refractivity contribution in [2.75, 3.05) is 0 Å². The third-order valence-corrected chi connectivity index (χ3v) is 3.77. The number of esters is 1. The molecule has 0 saturated heterocycles. The lowest BCUT2D eigenvalue weighted by Gasteiger charge is -2.01. The molecular formula is C17H10BrClO2. The fraction of sp³-hybridized carbons (Fsp3) is 0. The second-order valence-electron chi connectivity index (χ2n) is 4.56. The van der Waals surface area contributed by atoms with Gasteiger partial charge in [-0.25, -0.2) is 4.79 Å². The third kappa shape index (κ3) is 3.26. The van der Waals surface area contributed by atoms with Gasteiger partial charge in [-0.3, -0.25) is 0 Å². The summed E-state index contributed by atoms with van der Waals surface area (Å²) in [6.07, 6.45) is 3.54. The minimum Gasteiger partial charge on any atom is -0.422 e. The molecule has 2 nitrogen and oxygen atoms in total. The van der Waals surface area contributed by atoms with E-state index in [-0.39, 0.29) is 5.97 Å². The maximum absolute atomic E-state index is 11.9. The summed E-state index contributed by atoms with van der Waals surface area (Å²) in [5, 5.41) is 0.647. The molecule has 2 aromatic rings. The molecule has 1 aliphatic heterocycles. The molecule has 0 spiro atoms. The van der Waals surface area contributed by atoms with Crippen LogP contribution in [0, 0.1) is 0 Å². The Balaban J connectivity index is 1.93. The molecule has 3 rings (SSSR count). The molecule has 0 N–H and O–H groups in total. The number of hydrogen-bond acceptors (Lipinski definition) is 2. The fourth-order valence-corrected chi connectivity index (χ4v) is 2.56. The molecule has 2 aromatic carbocycles. The first-order valence-corrected chi connectivity index (χ1v) is 7.46. The van der Waals surface area contributed by atoms with E-state index in [1.165, 1.54) is 0 Å². The van der Waals surface area contributed by atoms with Gasteiger partial charge in [-0.2, -0.15) is 0 Å². The molecule has 0 aliphatic carbocycles. The summed E-state index contributed by atoms with van der Waals surface area (Å²) in [6, 6.07) is 14.9. The Morgan fingerprint density at radius 3 is 2.57 bits per heavy atom. The molecule has 0 bridgehead atoms. The summed E-state index contributed by atoms with van der Waals surface area (Å²) in [5.41, 5.74) is 2.29. The molecule has 21 heavy (non-hydrogen) atoms. The summed E-state index contributed by atoms with van der Waals surface area (Å²) in [7, 11) is 0. The quantitative estimate of drug-likeness (QED) is 0.550. The van der Waals surface area contributed by atoms with Crippen molar-refractivity contribution in [3.63, 3.8) is 0 Å². The second kappa shape index (κ2) is 5.88. The maximum atomic E-state index is 11.9. The molecule has 0 saturated carbocycles. The highest BCUT2D eigenvalue weighted by Crippen LogP contribution is 2.28. The topological polar surface area (TPSA) is 26.3 Å². The molecule has 1 heterocycles. The van der Waals surface area contributed by atoms with Crippen molar-refractivity contribution in [1.29, 1.82) is 0 Å². The van der Waals surface area contributed by atoms with Gasteiger partial charge in [0.15, 0.2) is 0 Å². The summed E-state index contributed by atoms with van der Waals surface area (Å²) in [6.45, 7) is 0. The van der Waals surface area contributed by atoms with Crippen molar-refractivity contribution in [3.05, 3.63) is 80.8 Å². The van der Waals surface area contributed by atoms with Gasteiger partial charge in [-0.1, -0.05) is 39.7 Å². The van der Waals surface area contributed by atoms with Crippen LogP contribution in [0.3, 0.4) is 0 Å². The summed E-state index contributed by atoms with van der Waals surface area (Å²) < 4.78 is 6.26. The van der Waals surface area contributed by atoms with Gasteiger partial charge in [0.25, 0.3) is 0 Å². The van der Waals surface area contributed by atoms with E-state index < -0.39 is 0 Å². The molecule has 4 heteroatoms. The minimum absolute atomic E-state index is 0.347. The van der Waals surface area contributed by atoms with Crippen LogP contribution in [-0.2, 0) is 9.53 Å². The van der Waals surface area contributed by atoms with Gasteiger partial charge in [-0.15, -0.1) is 0 Å². The van der Waals surface area contributed by atoms with Crippen LogP contribution in [0.15, 0.2) is 64.7 Å². The third-order valence-electron chi connectivity index (χ3n) is 3.02. The average molecular weight is 362 g/mol. The molecule has 104 valence electrons. The zero-order valence-corrected chi connectivity index (χ0v) is 13.2. The van der Waals surface area contributed by atoms with Crippen LogP contribution in [-0.4, -0.2) is 5.97 Å². The number of hydrogen-bond donors (Lipinski definition) is 0. The number of ether oxygens (including phenoxy) is 1. The Hall–Kier alpha value is -1.84. The molecule has 0 amide bonds. The molecule has 0 atom stereocenters. The van der Waals surface area contributed by atoms with Crippen LogP contribution in [0.2, 0.25) is 5.02 Å². The number of carbonyl (C=O) groups excluding carboxylic acids is 1. The van der Waals surface area contributed by atoms with Crippen LogP contribution in [0.4, 0.5) is 0 Å². The molecular weight excluding hydrogens is 352 g/mol. The van der Waals surface area contributed by atoms with E-state index in [1.54, 1.807) is 24.3 Å². The normalized spacial score (nSPS) is 16.0. The van der Waals surface area contributed by atoms with Gasteiger partial charge >= 0.3 is 5.97 Å². The van der Waals surface area contributed by atoms with Crippen LogP contribution in [0.25, 0.3) is 11.8 Å². The lowest BCUT2D eigenvalue weighted by molar-refractivity contribution is -0.130. The molecule has 0 aromatic heterocycles. The molecule has 0 fully saturated rings. The Bertz CT molecular complexity index is 761. The fourth-order valence-electron chi connectivity index (χ4n) is 2.02. The van der Waals surface area contributed by atoms with Crippen molar-refractivity contribution in [3.8, 4) is 0 Å². The van der Waals surface area contributed by atoms with Crippen molar-refractivity contribution in [2.24, 2.45) is 0 Å². The van der Waals surface area contributed by atoms with Crippen molar-refractivity contribution < 1.29 is 9.53 Å². The van der Waals surface area contributed by atoms with E-state index in [0.29, 0.717) is 16.4 Å².